The molecule has 3 heteroatoms. The molecule has 0 bridgehead atoms. The standard InChI is InChI=1S/C14H16N2O/c1-10-8-13(6-5-12(10)9-15)17-14-4-3-7-16-11(14)2/h3-8H,9,15H2,1-2H3. The molecule has 2 rings (SSSR count). The first kappa shape index (κ1) is 11.6. The third-order valence-corrected chi connectivity index (χ3v) is 2.72. The maximum Gasteiger partial charge on any atom is 0.148 e. The minimum Gasteiger partial charge on any atom is -0.455 e. The molecule has 1 heterocycles. The molecule has 1 aromatic carbocycles. The van der Waals surface area contributed by atoms with Gasteiger partial charge in [-0.15, -0.1) is 0 Å². The minimum atomic E-state index is 0.554. The summed E-state index contributed by atoms with van der Waals surface area (Å²) in [6.07, 6.45) is 1.75. The van der Waals surface area contributed by atoms with E-state index in [2.05, 4.69) is 4.98 Å². The molecule has 0 amide bonds. The van der Waals surface area contributed by atoms with Crippen LogP contribution in [0.5, 0.6) is 11.5 Å². The van der Waals surface area contributed by atoms with Crippen LogP contribution >= 0.6 is 0 Å². The maximum atomic E-state index is 5.79. The SMILES string of the molecule is Cc1cc(Oc2cccnc2C)ccc1CN. The quantitative estimate of drug-likeness (QED) is 0.878. The van der Waals surface area contributed by atoms with Crippen molar-refractivity contribution in [3.05, 3.63) is 53.3 Å². The molecule has 0 saturated carbocycles. The molecule has 0 radical (unpaired) electrons. The molecule has 0 aliphatic rings. The number of nitrogens with two attached hydrogens (primary N) is 1. The first-order chi connectivity index (χ1) is 8.20. The third-order valence-electron chi connectivity index (χ3n) is 2.72. The summed E-state index contributed by atoms with van der Waals surface area (Å²) in [7, 11) is 0. The number of ether oxygens (including phenoxy) is 1. The smallest absolute Gasteiger partial charge is 0.148 e. The molecule has 0 spiro atoms. The van der Waals surface area contributed by atoms with Crippen molar-refractivity contribution in [1.82, 2.24) is 4.98 Å². The fourth-order valence-electron chi connectivity index (χ4n) is 1.67. The second-order valence-corrected chi connectivity index (χ2v) is 3.98. The molecule has 17 heavy (non-hydrogen) atoms. The van der Waals surface area contributed by atoms with Crippen LogP contribution in [0.25, 0.3) is 0 Å². The van der Waals surface area contributed by atoms with E-state index in [1.807, 2.05) is 44.2 Å². The molecule has 0 atom stereocenters. The van der Waals surface area contributed by atoms with Gasteiger partial charge in [0.15, 0.2) is 0 Å². The van der Waals surface area contributed by atoms with Crippen LogP contribution in [0.1, 0.15) is 16.8 Å². The second kappa shape index (κ2) is 4.97. The van der Waals surface area contributed by atoms with E-state index >= 15 is 0 Å². The van der Waals surface area contributed by atoms with Crippen LogP contribution in [0.3, 0.4) is 0 Å². The van der Waals surface area contributed by atoms with Crippen molar-refractivity contribution < 1.29 is 4.74 Å². The lowest BCUT2D eigenvalue weighted by atomic mass is 10.1. The van der Waals surface area contributed by atoms with Crippen LogP contribution in [-0.4, -0.2) is 4.98 Å². The van der Waals surface area contributed by atoms with Gasteiger partial charge < -0.3 is 10.5 Å². The molecular formula is C14H16N2O. The highest BCUT2D eigenvalue weighted by Gasteiger charge is 2.03. The number of rotatable bonds is 3. The molecule has 0 unspecified atom stereocenters. The molecule has 2 N–H and O–H groups in total. The van der Waals surface area contributed by atoms with Gasteiger partial charge in [-0.3, -0.25) is 4.98 Å². The lowest BCUT2D eigenvalue weighted by Crippen LogP contribution is -1.99. The number of aryl methyl sites for hydroxylation is 2. The van der Waals surface area contributed by atoms with Crippen molar-refractivity contribution in [3.63, 3.8) is 0 Å². The van der Waals surface area contributed by atoms with Gasteiger partial charge in [0.25, 0.3) is 0 Å². The average molecular weight is 228 g/mol. The van der Waals surface area contributed by atoms with Crippen molar-refractivity contribution >= 4 is 0 Å². The Hall–Kier alpha value is -1.87. The molecule has 3 nitrogen and oxygen atoms in total. The van der Waals surface area contributed by atoms with Crippen molar-refractivity contribution in [2.45, 2.75) is 20.4 Å². The largest absolute Gasteiger partial charge is 0.455 e. The molecule has 1 aromatic heterocycles. The molecule has 0 saturated heterocycles. The van der Waals surface area contributed by atoms with Gasteiger partial charge in [-0.05, 0) is 49.2 Å². The fourth-order valence-corrected chi connectivity index (χ4v) is 1.67. The van der Waals surface area contributed by atoms with Gasteiger partial charge in [0.05, 0.1) is 5.69 Å². The Bertz CT molecular complexity index is 523. The highest BCUT2D eigenvalue weighted by Crippen LogP contribution is 2.25. The van der Waals surface area contributed by atoms with Gasteiger partial charge in [-0.2, -0.15) is 0 Å². The minimum absolute atomic E-state index is 0.554. The lowest BCUT2D eigenvalue weighted by molar-refractivity contribution is 0.475. The van der Waals surface area contributed by atoms with Crippen molar-refractivity contribution in [3.8, 4) is 11.5 Å². The van der Waals surface area contributed by atoms with Gasteiger partial charge in [0.1, 0.15) is 11.5 Å². The van der Waals surface area contributed by atoms with Crippen LogP contribution in [0.15, 0.2) is 36.5 Å². The number of benzene rings is 1. The molecule has 0 aliphatic carbocycles. The van der Waals surface area contributed by atoms with E-state index < -0.39 is 0 Å². The predicted molar refractivity (Wildman–Crippen MR) is 68.1 cm³/mol. The molecule has 2 aromatic rings. The Kier molecular flexibility index (Phi) is 3.40. The Balaban J connectivity index is 2.25. The Morgan fingerprint density at radius 3 is 2.71 bits per heavy atom. The zero-order chi connectivity index (χ0) is 12.3. The molecule has 0 fully saturated rings. The van der Waals surface area contributed by atoms with Crippen molar-refractivity contribution in [1.29, 1.82) is 0 Å². The third kappa shape index (κ3) is 2.63. The van der Waals surface area contributed by atoms with E-state index in [1.165, 1.54) is 0 Å². The number of hydrogen-bond donors (Lipinski definition) is 1. The summed E-state index contributed by atoms with van der Waals surface area (Å²) in [5.41, 5.74) is 8.79. The first-order valence-electron chi connectivity index (χ1n) is 5.60. The molecule has 88 valence electrons. The van der Waals surface area contributed by atoms with Gasteiger partial charge in [0, 0.05) is 12.7 Å². The fraction of sp³-hybridized carbons (Fsp3) is 0.214. The van der Waals surface area contributed by atoms with E-state index in [0.717, 1.165) is 28.3 Å². The predicted octanol–water partition coefficient (Wildman–Crippen LogP) is 2.95. The van der Waals surface area contributed by atoms with Gasteiger partial charge in [-0.1, -0.05) is 6.07 Å². The van der Waals surface area contributed by atoms with Crippen LogP contribution < -0.4 is 10.5 Å². The first-order valence-corrected chi connectivity index (χ1v) is 5.60. The number of pyridine rings is 1. The van der Waals surface area contributed by atoms with E-state index in [4.69, 9.17) is 10.5 Å². The summed E-state index contributed by atoms with van der Waals surface area (Å²) >= 11 is 0. The van der Waals surface area contributed by atoms with Crippen molar-refractivity contribution in [2.75, 3.05) is 0 Å². The van der Waals surface area contributed by atoms with Crippen LogP contribution in [0, 0.1) is 13.8 Å². The summed E-state index contributed by atoms with van der Waals surface area (Å²) in [5, 5.41) is 0. The van der Waals surface area contributed by atoms with E-state index in [-0.39, 0.29) is 0 Å². The normalized spacial score (nSPS) is 10.3. The van der Waals surface area contributed by atoms with Gasteiger partial charge >= 0.3 is 0 Å². The van der Waals surface area contributed by atoms with Crippen LogP contribution in [0.2, 0.25) is 0 Å². The highest BCUT2D eigenvalue weighted by molar-refractivity contribution is 5.38. The molecule has 0 aliphatic heterocycles. The number of nitrogens with zero attached hydrogens (tertiary/aromatic N) is 1. The Morgan fingerprint density at radius 2 is 2.06 bits per heavy atom. The summed E-state index contributed by atoms with van der Waals surface area (Å²) in [4.78, 5) is 4.19. The zero-order valence-electron chi connectivity index (χ0n) is 10.1. The number of aromatic nitrogens is 1. The topological polar surface area (TPSA) is 48.1 Å². The lowest BCUT2D eigenvalue weighted by Gasteiger charge is -2.10. The Morgan fingerprint density at radius 1 is 1.24 bits per heavy atom. The van der Waals surface area contributed by atoms with Crippen LogP contribution in [-0.2, 0) is 6.54 Å². The summed E-state index contributed by atoms with van der Waals surface area (Å²) in [6, 6.07) is 9.70. The molecular weight excluding hydrogens is 212 g/mol. The summed E-state index contributed by atoms with van der Waals surface area (Å²) in [6.45, 7) is 4.51. The van der Waals surface area contributed by atoms with Crippen molar-refractivity contribution in [2.24, 2.45) is 5.73 Å². The number of hydrogen-bond acceptors (Lipinski definition) is 3. The van der Waals surface area contributed by atoms with E-state index in [1.54, 1.807) is 6.20 Å². The highest BCUT2D eigenvalue weighted by atomic mass is 16.5. The second-order valence-electron chi connectivity index (χ2n) is 3.98. The van der Waals surface area contributed by atoms with E-state index in [0.29, 0.717) is 6.54 Å². The summed E-state index contributed by atoms with van der Waals surface area (Å²) < 4.78 is 5.79. The van der Waals surface area contributed by atoms with Gasteiger partial charge in [0.2, 0.25) is 0 Å². The maximum absolute atomic E-state index is 5.79. The average Bonchev–Trinajstić information content (AvgIpc) is 2.32. The summed E-state index contributed by atoms with van der Waals surface area (Å²) in [5.74, 6) is 1.60. The zero-order valence-corrected chi connectivity index (χ0v) is 10.1. The van der Waals surface area contributed by atoms with Crippen LogP contribution in [0.4, 0.5) is 0 Å². The van der Waals surface area contributed by atoms with Gasteiger partial charge in [-0.25, -0.2) is 0 Å². The van der Waals surface area contributed by atoms with E-state index in [9.17, 15) is 0 Å². The monoisotopic (exact) mass is 228 g/mol. The Labute approximate surface area is 101 Å².